The van der Waals surface area contributed by atoms with Crippen LogP contribution in [0.3, 0.4) is 0 Å². The highest BCUT2D eigenvalue weighted by atomic mass is 32.1. The molecule has 0 radical (unpaired) electrons. The van der Waals surface area contributed by atoms with Gasteiger partial charge in [-0.05, 0) is 55.9 Å². The van der Waals surface area contributed by atoms with Gasteiger partial charge in [-0.15, -0.1) is 0 Å². The lowest BCUT2D eigenvalue weighted by Gasteiger charge is -2.24. The number of benzene rings is 3. The smallest absolute Gasteiger partial charge is 0.339 e. The first kappa shape index (κ1) is 32.9. The van der Waals surface area contributed by atoms with E-state index in [4.69, 9.17) is 42.0 Å². The molecule has 0 aromatic heterocycles. The maximum Gasteiger partial charge on any atom is 0.339 e. The quantitative estimate of drug-likeness (QED) is 0.252. The summed E-state index contributed by atoms with van der Waals surface area (Å²) < 4.78 is 20.9. The Kier molecular flexibility index (Phi) is 12.4. The summed E-state index contributed by atoms with van der Waals surface area (Å²) in [6.45, 7) is 2.44. The topological polar surface area (TPSA) is 141 Å². The summed E-state index contributed by atoms with van der Waals surface area (Å²) in [6, 6.07) is 15.8. The largest absolute Gasteiger partial charge is 0.493 e. The number of nitrogens with zero attached hydrogens (tertiary/aromatic N) is 1. The molecule has 41 heavy (non-hydrogen) atoms. The molecule has 0 heterocycles. The van der Waals surface area contributed by atoms with E-state index >= 15 is 0 Å². The molecule has 3 aromatic carbocycles. The average Bonchev–Trinajstić information content (AvgIpc) is 2.96. The van der Waals surface area contributed by atoms with Gasteiger partial charge < -0.3 is 39.8 Å². The lowest BCUT2D eigenvalue weighted by molar-refractivity contribution is 0.0680. The summed E-state index contributed by atoms with van der Waals surface area (Å²) in [5.74, 6) is -0.985. The molecular formula is C30H36N2O8S. The van der Waals surface area contributed by atoms with Crippen molar-refractivity contribution in [2.75, 3.05) is 42.0 Å². The standard InChI is InChI=1S/C20H24N2O3S.C10H12O5/c1-4-14(22(2)3)12-25-18-11-16(19(21)26)15(10-17(18)20(23)24)13-8-6-5-7-9-13;1-13-7-5-4-6(10(11)12)8(14-2)9(7)15-3/h5-11,14H,4,12H2,1-3H3,(H2,21,26)(H,23,24);4-5H,1-3H3,(H,11,12). The Balaban J connectivity index is 0.000000333. The first-order valence-corrected chi connectivity index (χ1v) is 13.0. The summed E-state index contributed by atoms with van der Waals surface area (Å²) >= 11 is 5.18. The van der Waals surface area contributed by atoms with Gasteiger partial charge in [-0.3, -0.25) is 0 Å². The molecule has 0 saturated carbocycles. The summed E-state index contributed by atoms with van der Waals surface area (Å²) in [4.78, 5) is 24.9. The molecule has 220 valence electrons. The summed E-state index contributed by atoms with van der Waals surface area (Å²) in [6.07, 6.45) is 0.889. The van der Waals surface area contributed by atoms with Gasteiger partial charge in [0.2, 0.25) is 5.75 Å². The number of aromatic carboxylic acids is 2. The van der Waals surface area contributed by atoms with Crippen LogP contribution in [0.25, 0.3) is 11.1 Å². The third-order valence-electron chi connectivity index (χ3n) is 6.27. The molecule has 1 atom stereocenters. The van der Waals surface area contributed by atoms with Crippen molar-refractivity contribution in [2.45, 2.75) is 19.4 Å². The van der Waals surface area contributed by atoms with Gasteiger partial charge in [0.05, 0.1) is 21.3 Å². The lowest BCUT2D eigenvalue weighted by atomic mass is 9.96. The van der Waals surface area contributed by atoms with Crippen LogP contribution >= 0.6 is 12.2 Å². The van der Waals surface area contributed by atoms with Crippen LogP contribution in [0, 0.1) is 0 Å². The van der Waals surface area contributed by atoms with Crippen LogP contribution in [0.1, 0.15) is 39.6 Å². The van der Waals surface area contributed by atoms with E-state index < -0.39 is 11.9 Å². The molecule has 0 saturated heterocycles. The Morgan fingerprint density at radius 1 is 0.854 bits per heavy atom. The van der Waals surface area contributed by atoms with Gasteiger partial charge >= 0.3 is 11.9 Å². The monoisotopic (exact) mass is 584 g/mol. The first-order chi connectivity index (χ1) is 19.5. The SMILES string of the molecule is CCC(COc1cc(C(N)=S)c(-c2ccccc2)cc1C(=O)O)N(C)C.COc1ccc(C(=O)O)c(OC)c1OC. The maximum atomic E-state index is 11.8. The van der Waals surface area contributed by atoms with E-state index in [9.17, 15) is 14.7 Å². The van der Waals surface area contributed by atoms with Crippen molar-refractivity contribution in [2.24, 2.45) is 5.73 Å². The van der Waals surface area contributed by atoms with Crippen molar-refractivity contribution < 1.29 is 38.7 Å². The van der Waals surface area contributed by atoms with Gasteiger partial charge in [0, 0.05) is 11.6 Å². The van der Waals surface area contributed by atoms with E-state index in [1.807, 2.05) is 49.3 Å². The van der Waals surface area contributed by atoms with Crippen LogP contribution in [0.15, 0.2) is 54.6 Å². The Morgan fingerprint density at radius 3 is 1.93 bits per heavy atom. The van der Waals surface area contributed by atoms with Gasteiger partial charge in [0.15, 0.2) is 11.5 Å². The normalized spacial score (nSPS) is 11.1. The summed E-state index contributed by atoms with van der Waals surface area (Å²) in [5.41, 5.74) is 8.16. The maximum absolute atomic E-state index is 11.8. The van der Waals surface area contributed by atoms with Gasteiger partial charge in [0.25, 0.3) is 0 Å². The number of hydrogen-bond acceptors (Lipinski definition) is 8. The molecule has 0 bridgehead atoms. The van der Waals surface area contributed by atoms with Gasteiger partial charge in [-0.2, -0.15) is 0 Å². The van der Waals surface area contributed by atoms with E-state index in [2.05, 4.69) is 6.92 Å². The average molecular weight is 585 g/mol. The Hall–Kier alpha value is -4.35. The Bertz CT molecular complexity index is 1360. The van der Waals surface area contributed by atoms with Crippen LogP contribution in [0.5, 0.6) is 23.0 Å². The molecule has 3 aromatic rings. The van der Waals surface area contributed by atoms with Crippen LogP contribution < -0.4 is 24.7 Å². The summed E-state index contributed by atoms with van der Waals surface area (Å²) in [5, 5.41) is 18.5. The molecular weight excluding hydrogens is 548 g/mol. The third kappa shape index (κ3) is 8.32. The van der Waals surface area contributed by atoms with Crippen molar-refractivity contribution in [3.63, 3.8) is 0 Å². The minimum absolute atomic E-state index is 0.0372. The lowest BCUT2D eigenvalue weighted by Crippen LogP contribution is -2.33. The number of carboxylic acids is 2. The number of likely N-dealkylation sites (N-methyl/N-ethyl adjacent to an activating group) is 1. The van der Waals surface area contributed by atoms with Gasteiger partial charge in [0.1, 0.15) is 28.5 Å². The zero-order valence-corrected chi connectivity index (χ0v) is 24.8. The number of ether oxygens (including phenoxy) is 4. The van der Waals surface area contributed by atoms with Gasteiger partial charge in [-0.1, -0.05) is 49.5 Å². The molecule has 0 aliphatic rings. The van der Waals surface area contributed by atoms with Gasteiger partial charge in [-0.25, -0.2) is 9.59 Å². The number of nitrogens with two attached hydrogens (primary N) is 1. The van der Waals surface area contributed by atoms with Crippen molar-refractivity contribution in [1.29, 1.82) is 0 Å². The molecule has 4 N–H and O–H groups in total. The third-order valence-corrected chi connectivity index (χ3v) is 6.49. The molecule has 11 heteroatoms. The molecule has 0 fully saturated rings. The minimum atomic E-state index is -1.08. The second kappa shape index (κ2) is 15.4. The van der Waals surface area contributed by atoms with E-state index in [0.717, 1.165) is 12.0 Å². The van der Waals surface area contributed by atoms with E-state index in [-0.39, 0.29) is 39.4 Å². The van der Waals surface area contributed by atoms with Crippen LogP contribution in [0.4, 0.5) is 0 Å². The van der Waals surface area contributed by atoms with Crippen molar-refractivity contribution in [3.05, 3.63) is 71.3 Å². The molecule has 3 rings (SSSR count). The fourth-order valence-corrected chi connectivity index (χ4v) is 4.18. The second-order valence-electron chi connectivity index (χ2n) is 8.95. The zero-order valence-electron chi connectivity index (χ0n) is 24.0. The van der Waals surface area contributed by atoms with E-state index in [1.54, 1.807) is 12.1 Å². The summed E-state index contributed by atoms with van der Waals surface area (Å²) in [7, 11) is 8.20. The molecule has 1 unspecified atom stereocenters. The molecule has 0 amide bonds. The number of rotatable bonds is 12. The predicted molar refractivity (Wildman–Crippen MR) is 161 cm³/mol. The highest BCUT2D eigenvalue weighted by Crippen LogP contribution is 2.39. The van der Waals surface area contributed by atoms with Crippen LogP contribution in [-0.4, -0.2) is 80.1 Å². The Labute approximate surface area is 245 Å². The highest BCUT2D eigenvalue weighted by Gasteiger charge is 2.21. The van der Waals surface area contributed by atoms with Crippen molar-refractivity contribution >= 4 is 29.1 Å². The number of methoxy groups -OCH3 is 3. The molecule has 0 aliphatic carbocycles. The molecule has 0 spiro atoms. The van der Waals surface area contributed by atoms with E-state index in [1.165, 1.54) is 33.5 Å². The minimum Gasteiger partial charge on any atom is -0.493 e. The van der Waals surface area contributed by atoms with Crippen molar-refractivity contribution in [3.8, 4) is 34.1 Å². The molecule has 10 nitrogen and oxygen atoms in total. The fourth-order valence-electron chi connectivity index (χ4n) is 4.01. The highest BCUT2D eigenvalue weighted by molar-refractivity contribution is 7.80. The number of thiocarbonyl (C=S) groups is 1. The van der Waals surface area contributed by atoms with Crippen LogP contribution in [0.2, 0.25) is 0 Å². The van der Waals surface area contributed by atoms with Crippen molar-refractivity contribution in [1.82, 2.24) is 4.90 Å². The predicted octanol–water partition coefficient (Wildman–Crippen LogP) is 4.82. The number of carboxylic acid groups (broad SMARTS) is 2. The second-order valence-corrected chi connectivity index (χ2v) is 9.39. The van der Waals surface area contributed by atoms with Crippen LogP contribution in [-0.2, 0) is 0 Å². The molecule has 0 aliphatic heterocycles. The van der Waals surface area contributed by atoms with E-state index in [0.29, 0.717) is 23.5 Å². The fraction of sp³-hybridized carbons (Fsp3) is 0.300. The first-order valence-electron chi connectivity index (χ1n) is 12.6. The zero-order chi connectivity index (χ0) is 30.7. The Morgan fingerprint density at radius 2 is 1.46 bits per heavy atom. The number of hydrogen-bond donors (Lipinski definition) is 3. The number of carbonyl (C=O) groups is 2.